The molecule has 1 aromatic carbocycles. The molecule has 0 aliphatic carbocycles. The normalized spacial score (nSPS) is 12.7. The van der Waals surface area contributed by atoms with Crippen LogP contribution < -0.4 is 5.14 Å². The number of hydrogen-bond acceptors (Lipinski definition) is 4. The van der Waals surface area contributed by atoms with E-state index in [4.69, 9.17) is 5.14 Å². The van der Waals surface area contributed by atoms with Gasteiger partial charge in [-0.2, -0.15) is 0 Å². The van der Waals surface area contributed by atoms with Crippen molar-refractivity contribution in [3.8, 4) is 11.4 Å². The molecule has 6 nitrogen and oxygen atoms in total. The minimum Gasteiger partial charge on any atom is -0.291 e. The van der Waals surface area contributed by atoms with E-state index in [1.54, 1.807) is 13.0 Å². The van der Waals surface area contributed by atoms with E-state index in [1.165, 1.54) is 16.7 Å². The first-order valence-electron chi connectivity index (χ1n) is 6.27. The number of aromatic nitrogens is 3. The van der Waals surface area contributed by atoms with E-state index in [2.05, 4.69) is 10.2 Å². The van der Waals surface area contributed by atoms with Gasteiger partial charge in [-0.25, -0.2) is 17.9 Å². The summed E-state index contributed by atoms with van der Waals surface area (Å²) in [5.41, 5.74) is 0.405. The first kappa shape index (κ1) is 15.6. The number of rotatable bonds is 2. The van der Waals surface area contributed by atoms with E-state index in [1.807, 2.05) is 20.8 Å². The molecular weight excluding hydrogens is 295 g/mol. The highest BCUT2D eigenvalue weighted by atomic mass is 32.2. The fourth-order valence-corrected chi connectivity index (χ4v) is 2.80. The van der Waals surface area contributed by atoms with Crippen LogP contribution in [0.25, 0.3) is 11.4 Å². The number of hydrogen-bond donors (Lipinski definition) is 1. The number of sulfonamides is 1. The summed E-state index contributed by atoms with van der Waals surface area (Å²) in [6.07, 6.45) is 0. The van der Waals surface area contributed by atoms with Gasteiger partial charge in [0.25, 0.3) is 15.2 Å². The third-order valence-corrected chi connectivity index (χ3v) is 3.75. The Morgan fingerprint density at radius 3 is 2.33 bits per heavy atom. The predicted molar refractivity (Wildman–Crippen MR) is 76.5 cm³/mol. The zero-order valence-electron chi connectivity index (χ0n) is 12.3. The summed E-state index contributed by atoms with van der Waals surface area (Å²) in [5, 5.41) is 12.5. The Morgan fingerprint density at radius 2 is 1.86 bits per heavy atom. The van der Waals surface area contributed by atoms with Crippen LogP contribution in [0.2, 0.25) is 0 Å². The Morgan fingerprint density at radius 1 is 1.24 bits per heavy atom. The Kier molecular flexibility index (Phi) is 3.63. The second-order valence-corrected chi connectivity index (χ2v) is 7.28. The molecule has 0 saturated carbocycles. The van der Waals surface area contributed by atoms with Crippen LogP contribution in [0.3, 0.4) is 0 Å². The molecule has 0 spiro atoms. The fraction of sp³-hybridized carbons (Fsp3) is 0.385. The van der Waals surface area contributed by atoms with Gasteiger partial charge in [0.1, 0.15) is 5.82 Å². The van der Waals surface area contributed by atoms with E-state index >= 15 is 0 Å². The van der Waals surface area contributed by atoms with Crippen molar-refractivity contribution >= 4 is 10.0 Å². The maximum atomic E-state index is 13.4. The summed E-state index contributed by atoms with van der Waals surface area (Å²) in [5.74, 6) is -0.0122. The van der Waals surface area contributed by atoms with Gasteiger partial charge in [0.2, 0.25) is 0 Å². The van der Waals surface area contributed by atoms with Crippen LogP contribution >= 0.6 is 0 Å². The molecule has 2 aromatic rings. The minimum atomic E-state index is -4.01. The van der Waals surface area contributed by atoms with Crippen molar-refractivity contribution in [1.82, 2.24) is 14.8 Å². The van der Waals surface area contributed by atoms with Crippen molar-refractivity contribution in [2.45, 2.75) is 38.4 Å². The van der Waals surface area contributed by atoms with Crippen LogP contribution in [0.15, 0.2) is 23.4 Å². The highest BCUT2D eigenvalue weighted by Crippen LogP contribution is 2.28. The smallest absolute Gasteiger partial charge is 0.273 e. The van der Waals surface area contributed by atoms with E-state index in [9.17, 15) is 12.8 Å². The third kappa shape index (κ3) is 2.96. The molecular formula is C13H17FN4O2S. The quantitative estimate of drug-likeness (QED) is 0.915. The van der Waals surface area contributed by atoms with Gasteiger partial charge >= 0.3 is 0 Å². The molecule has 2 N–H and O–H groups in total. The molecule has 0 aliphatic heterocycles. The van der Waals surface area contributed by atoms with Crippen molar-refractivity contribution in [2.75, 3.05) is 0 Å². The van der Waals surface area contributed by atoms with Gasteiger partial charge in [0, 0.05) is 11.1 Å². The lowest BCUT2D eigenvalue weighted by molar-refractivity contribution is 0.366. The summed E-state index contributed by atoms with van der Waals surface area (Å²) in [7, 11) is -4.01. The SMILES string of the molecule is Cc1cc(-c2nnc(S(N)(=O)=O)n2C(C)(C)C)ccc1F. The average Bonchev–Trinajstić information content (AvgIpc) is 2.76. The zero-order chi connectivity index (χ0) is 16.0. The number of aryl methyl sites for hydroxylation is 1. The highest BCUT2D eigenvalue weighted by molar-refractivity contribution is 7.89. The molecule has 0 unspecified atom stereocenters. The van der Waals surface area contributed by atoms with Crippen LogP contribution in [0.5, 0.6) is 0 Å². The second kappa shape index (κ2) is 4.88. The molecule has 0 saturated heterocycles. The molecule has 8 heteroatoms. The lowest BCUT2D eigenvalue weighted by atomic mass is 10.1. The average molecular weight is 312 g/mol. The van der Waals surface area contributed by atoms with Gasteiger partial charge in [-0.15, -0.1) is 10.2 Å². The van der Waals surface area contributed by atoms with Gasteiger partial charge < -0.3 is 0 Å². The van der Waals surface area contributed by atoms with Crippen molar-refractivity contribution < 1.29 is 12.8 Å². The predicted octanol–water partition coefficient (Wildman–Crippen LogP) is 1.80. The molecule has 0 aliphatic rings. The largest absolute Gasteiger partial charge is 0.291 e. The summed E-state index contributed by atoms with van der Waals surface area (Å²) in [6.45, 7) is 7.05. The molecule has 0 radical (unpaired) electrons. The second-order valence-electron chi connectivity index (χ2n) is 5.82. The van der Waals surface area contributed by atoms with Crippen LogP contribution in [0.4, 0.5) is 4.39 Å². The lowest BCUT2D eigenvalue weighted by Crippen LogP contribution is -2.29. The van der Waals surface area contributed by atoms with E-state index in [0.717, 1.165) is 0 Å². The molecule has 2 rings (SSSR count). The van der Waals surface area contributed by atoms with Crippen LogP contribution in [-0.2, 0) is 15.6 Å². The number of nitrogens with zero attached hydrogens (tertiary/aromatic N) is 3. The molecule has 1 heterocycles. The van der Waals surface area contributed by atoms with Crippen LogP contribution in [0.1, 0.15) is 26.3 Å². The molecule has 0 atom stereocenters. The summed E-state index contributed by atoms with van der Waals surface area (Å²) < 4.78 is 38.1. The zero-order valence-corrected chi connectivity index (χ0v) is 13.1. The summed E-state index contributed by atoms with van der Waals surface area (Å²) >= 11 is 0. The Bertz CT molecular complexity index is 791. The molecule has 21 heavy (non-hydrogen) atoms. The fourth-order valence-electron chi connectivity index (χ4n) is 2.03. The Balaban J connectivity index is 2.76. The molecule has 0 bridgehead atoms. The Hall–Kier alpha value is -1.80. The maximum Gasteiger partial charge on any atom is 0.273 e. The highest BCUT2D eigenvalue weighted by Gasteiger charge is 2.29. The van der Waals surface area contributed by atoms with E-state index in [0.29, 0.717) is 17.0 Å². The van der Waals surface area contributed by atoms with E-state index < -0.39 is 15.6 Å². The van der Waals surface area contributed by atoms with Crippen molar-refractivity contribution in [1.29, 1.82) is 0 Å². The van der Waals surface area contributed by atoms with Crippen molar-refractivity contribution in [2.24, 2.45) is 5.14 Å². The van der Waals surface area contributed by atoms with Crippen molar-refractivity contribution in [3.05, 3.63) is 29.6 Å². The molecule has 0 fully saturated rings. The van der Waals surface area contributed by atoms with Crippen LogP contribution in [-0.4, -0.2) is 23.2 Å². The lowest BCUT2D eigenvalue weighted by Gasteiger charge is -2.24. The molecule has 0 amide bonds. The summed E-state index contributed by atoms with van der Waals surface area (Å²) in [6, 6.07) is 4.43. The Labute approximate surface area is 122 Å². The number of nitrogens with two attached hydrogens (primary N) is 1. The summed E-state index contributed by atoms with van der Waals surface area (Å²) in [4.78, 5) is 0. The third-order valence-electron chi connectivity index (χ3n) is 2.97. The minimum absolute atomic E-state index is 0.313. The number of primary sulfonamides is 1. The molecule has 114 valence electrons. The van der Waals surface area contributed by atoms with E-state index in [-0.39, 0.29) is 11.0 Å². The monoisotopic (exact) mass is 312 g/mol. The first-order chi connectivity index (χ1) is 9.51. The standard InChI is InChI=1S/C13H17FN4O2S/c1-8-7-9(5-6-10(8)14)11-16-17-12(21(15,19)20)18(11)13(2,3)4/h5-7H,1-4H3,(H2,15,19,20). The first-order valence-corrected chi connectivity index (χ1v) is 7.81. The molecule has 1 aromatic heterocycles. The number of halogens is 1. The van der Waals surface area contributed by atoms with Gasteiger partial charge in [0.05, 0.1) is 0 Å². The number of benzene rings is 1. The van der Waals surface area contributed by atoms with Gasteiger partial charge in [-0.05, 0) is 51.5 Å². The van der Waals surface area contributed by atoms with Gasteiger partial charge in [-0.1, -0.05) is 0 Å². The van der Waals surface area contributed by atoms with Crippen molar-refractivity contribution in [3.63, 3.8) is 0 Å². The maximum absolute atomic E-state index is 13.4. The topological polar surface area (TPSA) is 90.9 Å². The van der Waals surface area contributed by atoms with Gasteiger partial charge in [0.15, 0.2) is 5.82 Å². The van der Waals surface area contributed by atoms with Crippen LogP contribution in [0, 0.1) is 12.7 Å². The van der Waals surface area contributed by atoms with Gasteiger partial charge in [-0.3, -0.25) is 4.57 Å².